The molecule has 6 heteroatoms. The zero-order chi connectivity index (χ0) is 14.7. The van der Waals surface area contributed by atoms with E-state index in [2.05, 4.69) is 27.9 Å². The van der Waals surface area contributed by atoms with Crippen LogP contribution in [0.5, 0.6) is 5.75 Å². The van der Waals surface area contributed by atoms with Gasteiger partial charge in [0.25, 0.3) is 5.91 Å². The minimum atomic E-state index is -0.483. The monoisotopic (exact) mass is 405 g/mol. The third kappa shape index (κ3) is 3.40. The second kappa shape index (κ2) is 6.41. The lowest BCUT2D eigenvalue weighted by Gasteiger charge is -2.09. The first-order chi connectivity index (χ1) is 9.51. The maximum absolute atomic E-state index is 13.3. The molecular weight excluding hydrogens is 396 g/mol. The standard InChI is InChI=1S/C14H10ClFINO2/c1-20-13-7-9(3-4-11(13)16)18-14(19)10-6-8(15)2-5-12(10)17/h2-7H,1H3,(H,18,19). The van der Waals surface area contributed by atoms with Crippen LogP contribution in [0, 0.1) is 9.39 Å². The van der Waals surface area contributed by atoms with Crippen molar-refractivity contribution in [2.24, 2.45) is 0 Å². The number of hydrogen-bond donors (Lipinski definition) is 1. The van der Waals surface area contributed by atoms with Gasteiger partial charge in [-0.25, -0.2) is 4.39 Å². The molecule has 0 aliphatic rings. The van der Waals surface area contributed by atoms with Crippen LogP contribution in [0.2, 0.25) is 5.02 Å². The van der Waals surface area contributed by atoms with Gasteiger partial charge in [-0.1, -0.05) is 11.6 Å². The first-order valence-corrected chi connectivity index (χ1v) is 7.07. The summed E-state index contributed by atoms with van der Waals surface area (Å²) in [7, 11) is 1.37. The predicted molar refractivity (Wildman–Crippen MR) is 85.1 cm³/mol. The molecule has 0 aliphatic carbocycles. The average Bonchev–Trinajstić information content (AvgIpc) is 2.43. The van der Waals surface area contributed by atoms with Crippen LogP contribution in [0.4, 0.5) is 10.1 Å². The van der Waals surface area contributed by atoms with Crippen molar-refractivity contribution in [3.63, 3.8) is 0 Å². The van der Waals surface area contributed by atoms with Crippen molar-refractivity contribution >= 4 is 45.8 Å². The number of halogens is 3. The molecule has 3 nitrogen and oxygen atoms in total. The van der Waals surface area contributed by atoms with Crippen molar-refractivity contribution in [1.29, 1.82) is 0 Å². The summed E-state index contributed by atoms with van der Waals surface area (Å²) in [6, 6.07) is 9.17. The fourth-order valence-corrected chi connectivity index (χ4v) is 2.36. The van der Waals surface area contributed by atoms with Gasteiger partial charge in [0.1, 0.15) is 0 Å². The van der Waals surface area contributed by atoms with Crippen LogP contribution in [-0.4, -0.2) is 13.0 Å². The van der Waals surface area contributed by atoms with Crippen LogP contribution < -0.4 is 10.1 Å². The lowest BCUT2D eigenvalue weighted by Crippen LogP contribution is -2.13. The Morgan fingerprint density at radius 1 is 1.30 bits per heavy atom. The fraction of sp³-hybridized carbons (Fsp3) is 0.0714. The minimum Gasteiger partial charge on any atom is -0.494 e. The predicted octanol–water partition coefficient (Wildman–Crippen LogP) is 4.34. The highest BCUT2D eigenvalue weighted by atomic mass is 127. The zero-order valence-corrected chi connectivity index (χ0v) is 13.3. The number of carbonyl (C=O) groups is 1. The quantitative estimate of drug-likeness (QED) is 0.771. The molecule has 2 aromatic rings. The minimum absolute atomic E-state index is 0.0728. The van der Waals surface area contributed by atoms with Gasteiger partial charge in [0.05, 0.1) is 12.7 Å². The highest BCUT2D eigenvalue weighted by Crippen LogP contribution is 2.23. The summed E-state index contributed by atoms with van der Waals surface area (Å²) < 4.78 is 18.9. The van der Waals surface area contributed by atoms with Crippen LogP contribution >= 0.6 is 34.2 Å². The van der Waals surface area contributed by atoms with E-state index in [1.54, 1.807) is 18.2 Å². The molecule has 0 radical (unpaired) electrons. The van der Waals surface area contributed by atoms with E-state index in [-0.39, 0.29) is 11.7 Å². The van der Waals surface area contributed by atoms with E-state index >= 15 is 0 Å². The number of hydrogen-bond acceptors (Lipinski definition) is 2. The van der Waals surface area contributed by atoms with Crippen LogP contribution in [0.15, 0.2) is 36.4 Å². The molecule has 0 bridgehead atoms. The maximum Gasteiger partial charge on any atom is 0.256 e. The van der Waals surface area contributed by atoms with Crippen molar-refractivity contribution < 1.29 is 13.9 Å². The second-order valence-electron chi connectivity index (χ2n) is 3.93. The average molecular weight is 406 g/mol. The van der Waals surface area contributed by atoms with Crippen molar-refractivity contribution in [2.75, 3.05) is 12.4 Å². The summed E-state index contributed by atoms with van der Waals surface area (Å²) >= 11 is 7.93. The van der Waals surface area contributed by atoms with E-state index in [0.717, 1.165) is 3.57 Å². The molecule has 0 aromatic heterocycles. The van der Waals surface area contributed by atoms with Gasteiger partial charge in [-0.2, -0.15) is 0 Å². The SMILES string of the molecule is COc1cc(NC(=O)c2cc(Cl)ccc2I)ccc1F. The van der Waals surface area contributed by atoms with Crippen molar-refractivity contribution in [2.45, 2.75) is 0 Å². The van der Waals surface area contributed by atoms with E-state index in [1.807, 2.05) is 0 Å². The first-order valence-electron chi connectivity index (χ1n) is 5.61. The van der Waals surface area contributed by atoms with Gasteiger partial charge < -0.3 is 10.1 Å². The molecule has 0 heterocycles. The Morgan fingerprint density at radius 2 is 2.05 bits per heavy atom. The van der Waals surface area contributed by atoms with Gasteiger partial charge in [0, 0.05) is 20.3 Å². The van der Waals surface area contributed by atoms with Crippen LogP contribution in [0.3, 0.4) is 0 Å². The molecule has 0 unspecified atom stereocenters. The molecule has 0 fully saturated rings. The second-order valence-corrected chi connectivity index (χ2v) is 5.53. The molecule has 0 spiro atoms. The largest absolute Gasteiger partial charge is 0.494 e. The first kappa shape index (κ1) is 15.1. The molecule has 0 aliphatic heterocycles. The Hall–Kier alpha value is -1.34. The highest BCUT2D eigenvalue weighted by molar-refractivity contribution is 14.1. The number of rotatable bonds is 3. The molecule has 2 rings (SSSR count). The van der Waals surface area contributed by atoms with E-state index in [1.165, 1.54) is 25.3 Å². The summed E-state index contributed by atoms with van der Waals surface area (Å²) in [6.07, 6.45) is 0. The smallest absolute Gasteiger partial charge is 0.256 e. The van der Waals surface area contributed by atoms with Gasteiger partial charge in [0.15, 0.2) is 11.6 Å². The normalized spacial score (nSPS) is 10.2. The Morgan fingerprint density at radius 3 is 2.75 bits per heavy atom. The zero-order valence-electron chi connectivity index (χ0n) is 10.4. The Balaban J connectivity index is 2.25. The number of methoxy groups -OCH3 is 1. The molecule has 1 amide bonds. The maximum atomic E-state index is 13.3. The number of amides is 1. The summed E-state index contributed by atoms with van der Waals surface area (Å²) in [4.78, 5) is 12.2. The number of ether oxygens (including phenoxy) is 1. The third-order valence-corrected chi connectivity index (χ3v) is 3.76. The fourth-order valence-electron chi connectivity index (χ4n) is 1.61. The Bertz CT molecular complexity index is 664. The molecule has 2 aromatic carbocycles. The third-order valence-electron chi connectivity index (χ3n) is 2.58. The van der Waals surface area contributed by atoms with Gasteiger partial charge in [0.2, 0.25) is 0 Å². The lowest BCUT2D eigenvalue weighted by molar-refractivity contribution is 0.102. The molecular formula is C14H10ClFINO2. The molecule has 1 N–H and O–H groups in total. The van der Waals surface area contributed by atoms with Crippen molar-refractivity contribution in [3.05, 3.63) is 56.4 Å². The van der Waals surface area contributed by atoms with E-state index in [0.29, 0.717) is 16.3 Å². The van der Waals surface area contributed by atoms with E-state index in [9.17, 15) is 9.18 Å². The molecule has 104 valence electrons. The number of carbonyl (C=O) groups excluding carboxylic acids is 1. The van der Waals surface area contributed by atoms with E-state index in [4.69, 9.17) is 16.3 Å². The number of benzene rings is 2. The van der Waals surface area contributed by atoms with E-state index < -0.39 is 5.82 Å². The van der Waals surface area contributed by atoms with Crippen molar-refractivity contribution in [3.8, 4) is 5.75 Å². The summed E-state index contributed by atoms with van der Waals surface area (Å²) in [5.74, 6) is -0.725. The Kier molecular flexibility index (Phi) is 4.82. The summed E-state index contributed by atoms with van der Waals surface area (Å²) in [5, 5.41) is 3.16. The highest BCUT2D eigenvalue weighted by Gasteiger charge is 2.12. The van der Waals surface area contributed by atoms with Crippen LogP contribution in [0.25, 0.3) is 0 Å². The summed E-state index contributed by atoms with van der Waals surface area (Å²) in [6.45, 7) is 0. The van der Waals surface area contributed by atoms with Gasteiger partial charge in [-0.3, -0.25) is 4.79 Å². The molecule has 0 atom stereocenters. The molecule has 20 heavy (non-hydrogen) atoms. The molecule has 0 saturated heterocycles. The molecule has 0 saturated carbocycles. The van der Waals surface area contributed by atoms with Gasteiger partial charge in [-0.05, 0) is 52.9 Å². The van der Waals surface area contributed by atoms with Crippen molar-refractivity contribution in [1.82, 2.24) is 0 Å². The van der Waals surface area contributed by atoms with Gasteiger partial charge in [-0.15, -0.1) is 0 Å². The topological polar surface area (TPSA) is 38.3 Å². The number of nitrogens with one attached hydrogen (secondary N) is 1. The Labute approximate surface area is 134 Å². The lowest BCUT2D eigenvalue weighted by atomic mass is 10.2. The van der Waals surface area contributed by atoms with Crippen LogP contribution in [0.1, 0.15) is 10.4 Å². The summed E-state index contributed by atoms with van der Waals surface area (Å²) in [5.41, 5.74) is 0.908. The van der Waals surface area contributed by atoms with Gasteiger partial charge >= 0.3 is 0 Å². The number of anilines is 1. The van der Waals surface area contributed by atoms with Crippen LogP contribution in [-0.2, 0) is 0 Å².